The standard InChI is InChI=1S/C15H28N2O/c1-11-3-5-13(6-4-11)10-17-15(18)14-7-8-16-12(2)9-14/h11-14,16H,3-10H2,1-2H3,(H,17,18)/t11?,12-,13?,14-/m0/s1. The maximum Gasteiger partial charge on any atom is 0.223 e. The number of carbonyl (C=O) groups is 1. The molecular weight excluding hydrogens is 224 g/mol. The average Bonchev–Trinajstić information content (AvgIpc) is 2.38. The van der Waals surface area contributed by atoms with Crippen molar-refractivity contribution in [2.75, 3.05) is 13.1 Å². The van der Waals surface area contributed by atoms with Gasteiger partial charge in [0.25, 0.3) is 0 Å². The lowest BCUT2D eigenvalue weighted by Crippen LogP contribution is -2.43. The van der Waals surface area contributed by atoms with Crippen LogP contribution in [-0.4, -0.2) is 25.0 Å². The molecule has 1 saturated carbocycles. The summed E-state index contributed by atoms with van der Waals surface area (Å²) in [7, 11) is 0. The smallest absolute Gasteiger partial charge is 0.223 e. The first-order valence-electron chi connectivity index (χ1n) is 7.66. The maximum absolute atomic E-state index is 12.1. The van der Waals surface area contributed by atoms with Crippen LogP contribution in [0.2, 0.25) is 0 Å². The zero-order valence-corrected chi connectivity index (χ0v) is 11.9. The molecule has 2 N–H and O–H groups in total. The highest BCUT2D eigenvalue weighted by atomic mass is 16.1. The Kier molecular flexibility index (Phi) is 5.04. The fraction of sp³-hybridized carbons (Fsp3) is 0.933. The predicted molar refractivity (Wildman–Crippen MR) is 74.3 cm³/mol. The molecule has 0 radical (unpaired) electrons. The largest absolute Gasteiger partial charge is 0.356 e. The first-order chi connectivity index (χ1) is 8.65. The van der Waals surface area contributed by atoms with Crippen molar-refractivity contribution in [3.8, 4) is 0 Å². The molecule has 2 rings (SSSR count). The van der Waals surface area contributed by atoms with Crippen LogP contribution in [0.15, 0.2) is 0 Å². The van der Waals surface area contributed by atoms with Crippen LogP contribution in [-0.2, 0) is 4.79 Å². The van der Waals surface area contributed by atoms with Crippen molar-refractivity contribution >= 4 is 5.91 Å². The summed E-state index contributed by atoms with van der Waals surface area (Å²) >= 11 is 0. The Morgan fingerprint density at radius 3 is 2.56 bits per heavy atom. The Labute approximate surface area is 111 Å². The third-order valence-corrected chi connectivity index (χ3v) is 4.69. The molecule has 0 aromatic heterocycles. The van der Waals surface area contributed by atoms with Crippen LogP contribution in [0.3, 0.4) is 0 Å². The molecule has 18 heavy (non-hydrogen) atoms. The van der Waals surface area contributed by atoms with E-state index in [1.54, 1.807) is 0 Å². The summed E-state index contributed by atoms with van der Waals surface area (Å²) < 4.78 is 0. The number of amides is 1. The molecule has 1 heterocycles. The SMILES string of the molecule is CC1CCC(CNC(=O)[C@H]2CCN[C@@H](C)C2)CC1. The Morgan fingerprint density at radius 1 is 1.17 bits per heavy atom. The molecule has 0 spiro atoms. The van der Waals surface area contributed by atoms with Gasteiger partial charge < -0.3 is 10.6 Å². The lowest BCUT2D eigenvalue weighted by molar-refractivity contribution is -0.126. The Bertz CT molecular complexity index is 272. The van der Waals surface area contributed by atoms with Crippen molar-refractivity contribution in [2.45, 2.75) is 58.4 Å². The first kappa shape index (κ1) is 13.9. The molecule has 0 unspecified atom stereocenters. The molecule has 2 fully saturated rings. The highest BCUT2D eigenvalue weighted by molar-refractivity contribution is 5.78. The van der Waals surface area contributed by atoms with E-state index in [4.69, 9.17) is 0 Å². The Balaban J connectivity index is 1.68. The molecular formula is C15H28N2O. The topological polar surface area (TPSA) is 41.1 Å². The second-order valence-corrected chi connectivity index (χ2v) is 6.45. The summed E-state index contributed by atoms with van der Waals surface area (Å²) in [5.74, 6) is 2.15. The molecule has 0 bridgehead atoms. The summed E-state index contributed by atoms with van der Waals surface area (Å²) in [5.41, 5.74) is 0. The van der Waals surface area contributed by atoms with Gasteiger partial charge in [0.15, 0.2) is 0 Å². The molecule has 1 saturated heterocycles. The van der Waals surface area contributed by atoms with Crippen LogP contribution in [0.4, 0.5) is 0 Å². The summed E-state index contributed by atoms with van der Waals surface area (Å²) in [5, 5.41) is 6.59. The Hall–Kier alpha value is -0.570. The van der Waals surface area contributed by atoms with Gasteiger partial charge in [0.1, 0.15) is 0 Å². The van der Waals surface area contributed by atoms with Crippen LogP contribution in [0.5, 0.6) is 0 Å². The summed E-state index contributed by atoms with van der Waals surface area (Å²) in [6.45, 7) is 6.40. The van der Waals surface area contributed by atoms with Gasteiger partial charge in [0, 0.05) is 18.5 Å². The van der Waals surface area contributed by atoms with Crippen molar-refractivity contribution < 1.29 is 4.79 Å². The molecule has 2 atom stereocenters. The van der Waals surface area contributed by atoms with E-state index < -0.39 is 0 Å². The van der Waals surface area contributed by atoms with Crippen molar-refractivity contribution in [2.24, 2.45) is 17.8 Å². The average molecular weight is 252 g/mol. The van der Waals surface area contributed by atoms with Gasteiger partial charge in [-0.15, -0.1) is 0 Å². The van der Waals surface area contributed by atoms with Gasteiger partial charge >= 0.3 is 0 Å². The van der Waals surface area contributed by atoms with E-state index in [9.17, 15) is 4.79 Å². The Morgan fingerprint density at radius 2 is 1.89 bits per heavy atom. The third-order valence-electron chi connectivity index (χ3n) is 4.69. The second kappa shape index (κ2) is 6.55. The van der Waals surface area contributed by atoms with Crippen LogP contribution < -0.4 is 10.6 Å². The van der Waals surface area contributed by atoms with E-state index in [2.05, 4.69) is 24.5 Å². The van der Waals surface area contributed by atoms with Gasteiger partial charge in [-0.05, 0) is 51.0 Å². The number of rotatable bonds is 3. The van der Waals surface area contributed by atoms with Crippen molar-refractivity contribution in [3.05, 3.63) is 0 Å². The lowest BCUT2D eigenvalue weighted by atomic mass is 9.83. The summed E-state index contributed by atoms with van der Waals surface area (Å²) in [6, 6.07) is 0.491. The predicted octanol–water partition coefficient (Wildman–Crippen LogP) is 2.32. The van der Waals surface area contributed by atoms with Gasteiger partial charge in [-0.25, -0.2) is 0 Å². The highest BCUT2D eigenvalue weighted by Gasteiger charge is 2.25. The quantitative estimate of drug-likeness (QED) is 0.809. The second-order valence-electron chi connectivity index (χ2n) is 6.45. The summed E-state index contributed by atoms with van der Waals surface area (Å²) in [4.78, 5) is 12.1. The molecule has 104 valence electrons. The van der Waals surface area contributed by atoms with Crippen molar-refractivity contribution in [1.29, 1.82) is 0 Å². The minimum atomic E-state index is 0.240. The van der Waals surface area contributed by atoms with Gasteiger partial charge in [-0.2, -0.15) is 0 Å². The molecule has 1 amide bonds. The van der Waals surface area contributed by atoms with E-state index in [1.165, 1.54) is 25.7 Å². The number of nitrogens with one attached hydrogen (secondary N) is 2. The monoisotopic (exact) mass is 252 g/mol. The molecule has 2 aliphatic rings. The third kappa shape index (κ3) is 3.98. The van der Waals surface area contributed by atoms with Gasteiger partial charge in [-0.3, -0.25) is 4.79 Å². The fourth-order valence-corrected chi connectivity index (χ4v) is 3.29. The molecule has 1 aliphatic heterocycles. The van der Waals surface area contributed by atoms with Gasteiger partial charge in [0.05, 0.1) is 0 Å². The van der Waals surface area contributed by atoms with E-state index in [0.29, 0.717) is 11.9 Å². The van der Waals surface area contributed by atoms with E-state index >= 15 is 0 Å². The van der Waals surface area contributed by atoms with Gasteiger partial charge in [0.2, 0.25) is 5.91 Å². The van der Waals surface area contributed by atoms with Crippen molar-refractivity contribution in [3.63, 3.8) is 0 Å². The van der Waals surface area contributed by atoms with E-state index in [-0.39, 0.29) is 5.92 Å². The van der Waals surface area contributed by atoms with Crippen LogP contribution in [0.1, 0.15) is 52.4 Å². The number of carbonyl (C=O) groups excluding carboxylic acids is 1. The zero-order chi connectivity index (χ0) is 13.0. The summed E-state index contributed by atoms with van der Waals surface area (Å²) in [6.07, 6.45) is 7.26. The lowest BCUT2D eigenvalue weighted by Gasteiger charge is -2.29. The van der Waals surface area contributed by atoms with Crippen LogP contribution in [0, 0.1) is 17.8 Å². The van der Waals surface area contributed by atoms with Crippen LogP contribution >= 0.6 is 0 Å². The number of hydrogen-bond acceptors (Lipinski definition) is 2. The molecule has 1 aliphatic carbocycles. The molecule has 3 heteroatoms. The maximum atomic E-state index is 12.1. The fourth-order valence-electron chi connectivity index (χ4n) is 3.29. The molecule has 0 aromatic carbocycles. The minimum absolute atomic E-state index is 0.240. The normalized spacial score (nSPS) is 37.2. The zero-order valence-electron chi connectivity index (χ0n) is 11.9. The minimum Gasteiger partial charge on any atom is -0.356 e. The number of hydrogen-bond donors (Lipinski definition) is 2. The molecule has 0 aromatic rings. The van der Waals surface area contributed by atoms with Crippen LogP contribution in [0.25, 0.3) is 0 Å². The van der Waals surface area contributed by atoms with Gasteiger partial charge in [-0.1, -0.05) is 19.8 Å². The molecule has 3 nitrogen and oxygen atoms in total. The number of piperidine rings is 1. The van der Waals surface area contributed by atoms with Crippen molar-refractivity contribution in [1.82, 2.24) is 10.6 Å². The first-order valence-corrected chi connectivity index (χ1v) is 7.66. The highest BCUT2D eigenvalue weighted by Crippen LogP contribution is 2.27. The van der Waals surface area contributed by atoms with E-state index in [1.807, 2.05) is 0 Å². The van der Waals surface area contributed by atoms with E-state index in [0.717, 1.165) is 37.8 Å².